The molecule has 0 radical (unpaired) electrons. The molecule has 0 aliphatic rings. The van der Waals surface area contributed by atoms with Crippen LogP contribution in [0.5, 0.6) is 5.75 Å². The fraction of sp³-hybridized carbons (Fsp3) is 0.316. The summed E-state index contributed by atoms with van der Waals surface area (Å²) in [6.45, 7) is 5.19. The van der Waals surface area contributed by atoms with Gasteiger partial charge in [-0.15, -0.1) is 0 Å². The summed E-state index contributed by atoms with van der Waals surface area (Å²) < 4.78 is 30.4. The maximum Gasteiger partial charge on any atom is 0.242 e. The number of rotatable bonds is 6. The van der Waals surface area contributed by atoms with Crippen molar-refractivity contribution in [3.05, 3.63) is 59.2 Å². The third kappa shape index (κ3) is 4.82. The maximum atomic E-state index is 12.6. The van der Waals surface area contributed by atoms with Gasteiger partial charge < -0.3 is 10.1 Å². The summed E-state index contributed by atoms with van der Waals surface area (Å²) in [5.41, 5.74) is 3.11. The molecule has 0 saturated carbocycles. The van der Waals surface area contributed by atoms with Gasteiger partial charge in [0.25, 0.3) is 0 Å². The van der Waals surface area contributed by atoms with E-state index in [9.17, 15) is 13.2 Å². The van der Waals surface area contributed by atoms with Crippen molar-refractivity contribution in [2.24, 2.45) is 0 Å². The van der Waals surface area contributed by atoms with Gasteiger partial charge in [0.1, 0.15) is 11.0 Å². The highest BCUT2D eigenvalue weighted by atomic mass is 32.2. The van der Waals surface area contributed by atoms with Gasteiger partial charge in [-0.05, 0) is 44.0 Å². The van der Waals surface area contributed by atoms with Crippen LogP contribution in [0.3, 0.4) is 0 Å². The summed E-state index contributed by atoms with van der Waals surface area (Å²) >= 11 is 0. The number of ether oxygens (including phenoxy) is 1. The summed E-state index contributed by atoms with van der Waals surface area (Å²) in [4.78, 5) is 12.4. The van der Waals surface area contributed by atoms with Crippen molar-refractivity contribution in [1.29, 1.82) is 0 Å². The van der Waals surface area contributed by atoms with Crippen molar-refractivity contribution in [2.75, 3.05) is 12.4 Å². The third-order valence-corrected chi connectivity index (χ3v) is 6.11. The Balaban J connectivity index is 2.15. The zero-order valence-corrected chi connectivity index (χ0v) is 15.7. The fourth-order valence-electron chi connectivity index (χ4n) is 2.41. The molecule has 1 amide bonds. The van der Waals surface area contributed by atoms with Crippen LogP contribution in [0.1, 0.15) is 23.6 Å². The SMILES string of the molecule is COc1cccc(NC(=O)[C@@H](C)S(=O)(=O)Cc2cc(C)ccc2C)c1. The van der Waals surface area contributed by atoms with Crippen molar-refractivity contribution in [1.82, 2.24) is 0 Å². The molecule has 0 heterocycles. The van der Waals surface area contributed by atoms with Crippen LogP contribution in [0.25, 0.3) is 0 Å². The quantitative estimate of drug-likeness (QED) is 0.857. The van der Waals surface area contributed by atoms with E-state index in [1.165, 1.54) is 14.0 Å². The van der Waals surface area contributed by atoms with E-state index in [1.807, 2.05) is 32.0 Å². The number of methoxy groups -OCH3 is 1. The molecule has 5 nitrogen and oxygen atoms in total. The molecule has 0 spiro atoms. The highest BCUT2D eigenvalue weighted by Crippen LogP contribution is 2.20. The lowest BCUT2D eigenvalue weighted by Crippen LogP contribution is -2.33. The number of carbonyl (C=O) groups is 1. The Morgan fingerprint density at radius 2 is 1.88 bits per heavy atom. The molecule has 1 N–H and O–H groups in total. The molecule has 0 unspecified atom stereocenters. The molecule has 6 heteroatoms. The monoisotopic (exact) mass is 361 g/mol. The van der Waals surface area contributed by atoms with Gasteiger partial charge >= 0.3 is 0 Å². The molecule has 1 atom stereocenters. The average molecular weight is 361 g/mol. The normalized spacial score (nSPS) is 12.5. The van der Waals surface area contributed by atoms with Crippen LogP contribution >= 0.6 is 0 Å². The van der Waals surface area contributed by atoms with E-state index < -0.39 is 21.0 Å². The van der Waals surface area contributed by atoms with E-state index in [2.05, 4.69) is 5.32 Å². The van der Waals surface area contributed by atoms with Crippen molar-refractivity contribution in [3.63, 3.8) is 0 Å². The van der Waals surface area contributed by atoms with E-state index in [4.69, 9.17) is 4.74 Å². The maximum absolute atomic E-state index is 12.6. The predicted molar refractivity (Wildman–Crippen MR) is 99.6 cm³/mol. The van der Waals surface area contributed by atoms with Gasteiger partial charge in [-0.1, -0.05) is 29.8 Å². The van der Waals surface area contributed by atoms with Crippen LogP contribution in [0.15, 0.2) is 42.5 Å². The topological polar surface area (TPSA) is 72.5 Å². The zero-order valence-electron chi connectivity index (χ0n) is 14.9. The number of hydrogen-bond acceptors (Lipinski definition) is 4. The summed E-state index contributed by atoms with van der Waals surface area (Å²) in [6.07, 6.45) is 0. The molecule has 0 saturated heterocycles. The van der Waals surface area contributed by atoms with Crippen LogP contribution < -0.4 is 10.1 Å². The molecule has 2 aromatic carbocycles. The minimum atomic E-state index is -3.63. The minimum absolute atomic E-state index is 0.160. The predicted octanol–water partition coefficient (Wildman–Crippen LogP) is 3.25. The van der Waals surface area contributed by atoms with E-state index in [0.29, 0.717) is 11.4 Å². The number of hydrogen-bond donors (Lipinski definition) is 1. The van der Waals surface area contributed by atoms with E-state index >= 15 is 0 Å². The highest BCUT2D eigenvalue weighted by molar-refractivity contribution is 7.92. The molecule has 0 aliphatic carbocycles. The largest absolute Gasteiger partial charge is 0.497 e. The third-order valence-electron chi connectivity index (χ3n) is 4.11. The Kier molecular flexibility index (Phi) is 5.85. The van der Waals surface area contributed by atoms with Gasteiger partial charge in [0.15, 0.2) is 9.84 Å². The van der Waals surface area contributed by atoms with E-state index in [-0.39, 0.29) is 5.75 Å². The van der Waals surface area contributed by atoms with Gasteiger partial charge in [0, 0.05) is 11.8 Å². The molecule has 2 aromatic rings. The Morgan fingerprint density at radius 3 is 2.56 bits per heavy atom. The first-order valence-corrected chi connectivity index (χ1v) is 9.67. The number of sulfone groups is 1. The molecular formula is C19H23NO4S. The highest BCUT2D eigenvalue weighted by Gasteiger charge is 2.28. The lowest BCUT2D eigenvalue weighted by molar-refractivity contribution is -0.115. The Hall–Kier alpha value is -2.34. The first-order valence-electron chi connectivity index (χ1n) is 7.95. The second-order valence-electron chi connectivity index (χ2n) is 6.10. The van der Waals surface area contributed by atoms with Crippen LogP contribution in [-0.4, -0.2) is 26.7 Å². The van der Waals surface area contributed by atoms with Crippen molar-refractivity contribution < 1.29 is 17.9 Å². The number of benzene rings is 2. The number of nitrogens with one attached hydrogen (secondary N) is 1. The van der Waals surface area contributed by atoms with Gasteiger partial charge in [-0.2, -0.15) is 0 Å². The number of carbonyl (C=O) groups excluding carboxylic acids is 1. The lowest BCUT2D eigenvalue weighted by Gasteiger charge is -2.15. The second-order valence-corrected chi connectivity index (χ2v) is 8.42. The van der Waals surface area contributed by atoms with Gasteiger partial charge in [0.05, 0.1) is 12.9 Å². The van der Waals surface area contributed by atoms with Crippen molar-refractivity contribution in [2.45, 2.75) is 31.8 Å². The van der Waals surface area contributed by atoms with Crippen molar-refractivity contribution >= 4 is 21.4 Å². The molecule has 0 aromatic heterocycles. The second kappa shape index (κ2) is 7.70. The van der Waals surface area contributed by atoms with Crippen LogP contribution in [0.2, 0.25) is 0 Å². The summed E-state index contributed by atoms with van der Waals surface area (Å²) in [6, 6.07) is 12.5. The van der Waals surface area contributed by atoms with Crippen molar-refractivity contribution in [3.8, 4) is 5.75 Å². The summed E-state index contributed by atoms with van der Waals surface area (Å²) in [5, 5.41) is 1.48. The number of anilines is 1. The van der Waals surface area contributed by atoms with Crippen LogP contribution in [0, 0.1) is 13.8 Å². The molecule has 2 rings (SSSR count). The zero-order chi connectivity index (χ0) is 18.6. The standard InChI is InChI=1S/C19H23NO4S/c1-13-8-9-14(2)16(10-13)12-25(22,23)15(3)19(21)20-17-6-5-7-18(11-17)24-4/h5-11,15H,12H2,1-4H3,(H,20,21)/t15-/m1/s1. The number of aryl methyl sites for hydroxylation is 2. The fourth-order valence-corrected chi connectivity index (χ4v) is 3.78. The van der Waals surface area contributed by atoms with E-state index in [0.717, 1.165) is 16.7 Å². The number of amides is 1. The summed E-state index contributed by atoms with van der Waals surface area (Å²) in [5.74, 6) is -0.130. The minimum Gasteiger partial charge on any atom is -0.497 e. The molecule has 0 aliphatic heterocycles. The molecule has 25 heavy (non-hydrogen) atoms. The van der Waals surface area contributed by atoms with Crippen LogP contribution in [0.4, 0.5) is 5.69 Å². The molecule has 0 fully saturated rings. The van der Waals surface area contributed by atoms with Crippen LogP contribution in [-0.2, 0) is 20.4 Å². The first-order chi connectivity index (χ1) is 11.7. The smallest absolute Gasteiger partial charge is 0.242 e. The summed E-state index contributed by atoms with van der Waals surface area (Å²) in [7, 11) is -2.10. The molecule has 134 valence electrons. The lowest BCUT2D eigenvalue weighted by atomic mass is 10.1. The molecular weight excluding hydrogens is 338 g/mol. The van der Waals surface area contributed by atoms with Gasteiger partial charge in [0.2, 0.25) is 5.91 Å². The Bertz CT molecular complexity index is 875. The Labute approximate surface area is 148 Å². The van der Waals surface area contributed by atoms with Gasteiger partial charge in [-0.25, -0.2) is 8.42 Å². The molecule has 0 bridgehead atoms. The average Bonchev–Trinajstić information content (AvgIpc) is 2.57. The van der Waals surface area contributed by atoms with E-state index in [1.54, 1.807) is 24.3 Å². The first kappa shape index (κ1) is 19.0. The Morgan fingerprint density at radius 1 is 1.16 bits per heavy atom. The van der Waals surface area contributed by atoms with Gasteiger partial charge in [-0.3, -0.25) is 4.79 Å².